The number of hydrogen-bond donors (Lipinski definition) is 2. The molecule has 0 aliphatic heterocycles. The van der Waals surface area contributed by atoms with E-state index < -0.39 is 10.8 Å². The maximum atomic E-state index is 12.6. The Hall–Kier alpha value is -3.71. The fourth-order valence-electron chi connectivity index (χ4n) is 3.00. The number of carbonyl (C=O) groups is 2. The van der Waals surface area contributed by atoms with Crippen LogP contribution in [-0.4, -0.2) is 16.7 Å². The number of carbonyl (C=O) groups excluding carboxylic acids is 2. The van der Waals surface area contributed by atoms with Gasteiger partial charge in [-0.25, -0.2) is 0 Å². The van der Waals surface area contributed by atoms with Gasteiger partial charge in [0.25, 0.3) is 17.5 Å². The van der Waals surface area contributed by atoms with Gasteiger partial charge in [-0.2, -0.15) is 0 Å². The van der Waals surface area contributed by atoms with E-state index in [1.54, 1.807) is 36.4 Å². The van der Waals surface area contributed by atoms with Crippen LogP contribution in [0.25, 0.3) is 0 Å². The Kier molecular flexibility index (Phi) is 6.60. The van der Waals surface area contributed by atoms with Crippen LogP contribution in [0.2, 0.25) is 5.02 Å². The molecule has 0 aliphatic rings. The summed E-state index contributed by atoms with van der Waals surface area (Å²) in [7, 11) is 0. The van der Waals surface area contributed by atoms with E-state index in [1.807, 2.05) is 12.1 Å². The van der Waals surface area contributed by atoms with E-state index in [1.165, 1.54) is 12.1 Å². The minimum absolute atomic E-state index is 0.00584. The maximum Gasteiger partial charge on any atom is 0.270 e. The highest BCUT2D eigenvalue weighted by atomic mass is 35.5. The van der Waals surface area contributed by atoms with Crippen LogP contribution in [0.1, 0.15) is 47.1 Å². The lowest BCUT2D eigenvalue weighted by Crippen LogP contribution is -2.15. The zero-order chi connectivity index (χ0) is 23.5. The number of nitro benzene ring substituents is 1. The molecule has 0 saturated heterocycles. The second kappa shape index (κ2) is 9.20. The van der Waals surface area contributed by atoms with Gasteiger partial charge in [0, 0.05) is 29.1 Å². The zero-order valence-electron chi connectivity index (χ0n) is 17.8. The number of non-ortho nitro benzene ring substituents is 1. The zero-order valence-corrected chi connectivity index (χ0v) is 18.6. The maximum absolute atomic E-state index is 12.6. The molecule has 0 unspecified atom stereocenters. The number of hydrogen-bond acceptors (Lipinski definition) is 4. The number of anilines is 2. The highest BCUT2D eigenvalue weighted by molar-refractivity contribution is 6.34. The molecule has 0 saturated carbocycles. The highest BCUT2D eigenvalue weighted by Crippen LogP contribution is 2.25. The SMILES string of the molecule is CC(C)(C)c1ccc(C(=O)Nc2cccc(NC(=O)c3ccc([N+](=O)[O-])cc3Cl)c2)cc1. The predicted octanol–water partition coefficient (Wildman–Crippen LogP) is 6.05. The summed E-state index contributed by atoms with van der Waals surface area (Å²) in [6, 6.07) is 17.7. The normalized spacial score (nSPS) is 11.0. The van der Waals surface area contributed by atoms with Crippen LogP contribution in [0.5, 0.6) is 0 Å². The predicted molar refractivity (Wildman–Crippen MR) is 126 cm³/mol. The van der Waals surface area contributed by atoms with Crippen molar-refractivity contribution < 1.29 is 14.5 Å². The third-order valence-corrected chi connectivity index (χ3v) is 5.11. The molecule has 0 radical (unpaired) electrons. The lowest BCUT2D eigenvalue weighted by Gasteiger charge is -2.19. The van der Waals surface area contributed by atoms with Crippen LogP contribution >= 0.6 is 11.6 Å². The van der Waals surface area contributed by atoms with Gasteiger partial charge < -0.3 is 10.6 Å². The molecule has 3 aromatic carbocycles. The molecule has 3 aromatic rings. The highest BCUT2D eigenvalue weighted by Gasteiger charge is 2.16. The standard InChI is InChI=1S/C24H22ClN3O4/c1-24(2,3)16-9-7-15(8-10-16)22(29)26-17-5-4-6-18(13-17)27-23(30)20-12-11-19(28(31)32)14-21(20)25/h4-14H,1-3H3,(H,26,29)(H,27,30). The van der Waals surface area contributed by atoms with Crippen molar-refractivity contribution in [1.29, 1.82) is 0 Å². The van der Waals surface area contributed by atoms with Gasteiger partial charge in [-0.3, -0.25) is 19.7 Å². The summed E-state index contributed by atoms with van der Waals surface area (Å²) in [6.07, 6.45) is 0. The second-order valence-corrected chi connectivity index (χ2v) is 8.64. The van der Waals surface area contributed by atoms with Gasteiger partial charge in [-0.1, -0.05) is 50.6 Å². The molecule has 0 aliphatic carbocycles. The number of nitro groups is 1. The van der Waals surface area contributed by atoms with E-state index in [0.717, 1.165) is 11.6 Å². The summed E-state index contributed by atoms with van der Waals surface area (Å²) in [4.78, 5) is 35.4. The number of nitrogens with zero attached hydrogens (tertiary/aromatic N) is 1. The molecular formula is C24H22ClN3O4. The molecule has 8 heteroatoms. The fourth-order valence-corrected chi connectivity index (χ4v) is 3.26. The average Bonchev–Trinajstić information content (AvgIpc) is 2.73. The van der Waals surface area contributed by atoms with Crippen molar-refractivity contribution in [3.05, 3.63) is 98.6 Å². The molecule has 164 valence electrons. The van der Waals surface area contributed by atoms with Crippen molar-refractivity contribution in [3.8, 4) is 0 Å². The van der Waals surface area contributed by atoms with Crippen molar-refractivity contribution in [3.63, 3.8) is 0 Å². The first-order valence-electron chi connectivity index (χ1n) is 9.82. The summed E-state index contributed by atoms with van der Waals surface area (Å²) < 4.78 is 0. The molecule has 0 aromatic heterocycles. The minimum atomic E-state index is -0.587. The quantitative estimate of drug-likeness (QED) is 0.364. The van der Waals surface area contributed by atoms with Crippen LogP contribution in [0.3, 0.4) is 0 Å². The van der Waals surface area contributed by atoms with Gasteiger partial charge in [0.2, 0.25) is 0 Å². The topological polar surface area (TPSA) is 101 Å². The summed E-state index contributed by atoms with van der Waals surface area (Å²) >= 11 is 6.02. The largest absolute Gasteiger partial charge is 0.322 e. The molecule has 0 heterocycles. The molecule has 3 rings (SSSR count). The first-order valence-corrected chi connectivity index (χ1v) is 10.2. The number of rotatable bonds is 5. The third kappa shape index (κ3) is 5.50. The molecular weight excluding hydrogens is 430 g/mol. The third-order valence-electron chi connectivity index (χ3n) is 4.80. The Balaban J connectivity index is 1.71. The van der Waals surface area contributed by atoms with E-state index in [2.05, 4.69) is 31.4 Å². The Morgan fingerprint density at radius 1 is 0.875 bits per heavy atom. The van der Waals surface area contributed by atoms with Crippen LogP contribution in [-0.2, 0) is 5.41 Å². The molecule has 32 heavy (non-hydrogen) atoms. The molecule has 0 bridgehead atoms. The summed E-state index contributed by atoms with van der Waals surface area (Å²) in [6.45, 7) is 6.31. The van der Waals surface area contributed by atoms with E-state index >= 15 is 0 Å². The number of benzene rings is 3. The monoisotopic (exact) mass is 451 g/mol. The lowest BCUT2D eigenvalue weighted by molar-refractivity contribution is -0.384. The van der Waals surface area contributed by atoms with Crippen molar-refractivity contribution in [2.24, 2.45) is 0 Å². The first-order chi connectivity index (χ1) is 15.0. The fraction of sp³-hybridized carbons (Fsp3) is 0.167. The Morgan fingerprint density at radius 3 is 2.00 bits per heavy atom. The van der Waals surface area contributed by atoms with Crippen molar-refractivity contribution in [2.45, 2.75) is 26.2 Å². The molecule has 2 amide bonds. The first kappa shape index (κ1) is 23.0. The van der Waals surface area contributed by atoms with Gasteiger partial charge in [0.05, 0.1) is 15.5 Å². The smallest absolute Gasteiger partial charge is 0.270 e. The van der Waals surface area contributed by atoms with Crippen LogP contribution < -0.4 is 10.6 Å². The average molecular weight is 452 g/mol. The number of nitrogens with one attached hydrogen (secondary N) is 2. The summed E-state index contributed by atoms with van der Waals surface area (Å²) in [5.41, 5.74) is 2.48. The van der Waals surface area contributed by atoms with Gasteiger partial charge in [0.1, 0.15) is 0 Å². The lowest BCUT2D eigenvalue weighted by atomic mass is 9.87. The van der Waals surface area contributed by atoms with Crippen molar-refractivity contribution >= 4 is 40.5 Å². The summed E-state index contributed by atoms with van der Waals surface area (Å²) in [5.74, 6) is -0.793. The molecule has 0 spiro atoms. The van der Waals surface area contributed by atoms with E-state index in [-0.39, 0.29) is 27.6 Å². The van der Waals surface area contributed by atoms with Crippen molar-refractivity contribution in [2.75, 3.05) is 10.6 Å². The van der Waals surface area contributed by atoms with Gasteiger partial charge >= 0.3 is 0 Å². The number of amides is 2. The van der Waals surface area contributed by atoms with E-state index in [9.17, 15) is 19.7 Å². The second-order valence-electron chi connectivity index (χ2n) is 8.24. The molecule has 0 atom stereocenters. The van der Waals surface area contributed by atoms with E-state index in [0.29, 0.717) is 16.9 Å². The molecule has 2 N–H and O–H groups in total. The van der Waals surface area contributed by atoms with Gasteiger partial charge in [0.15, 0.2) is 0 Å². The van der Waals surface area contributed by atoms with Gasteiger partial charge in [-0.05, 0) is 47.4 Å². The van der Waals surface area contributed by atoms with Crippen LogP contribution in [0.4, 0.5) is 17.1 Å². The summed E-state index contributed by atoms with van der Waals surface area (Å²) in [5, 5.41) is 16.3. The van der Waals surface area contributed by atoms with Crippen LogP contribution in [0, 0.1) is 10.1 Å². The van der Waals surface area contributed by atoms with Crippen LogP contribution in [0.15, 0.2) is 66.7 Å². The Morgan fingerprint density at radius 2 is 1.47 bits per heavy atom. The number of halogens is 1. The van der Waals surface area contributed by atoms with Gasteiger partial charge in [-0.15, -0.1) is 0 Å². The van der Waals surface area contributed by atoms with Crippen molar-refractivity contribution in [1.82, 2.24) is 0 Å². The Bertz CT molecular complexity index is 1180. The minimum Gasteiger partial charge on any atom is -0.322 e. The molecule has 0 fully saturated rings. The van der Waals surface area contributed by atoms with E-state index in [4.69, 9.17) is 11.6 Å². The molecule has 7 nitrogen and oxygen atoms in total. The Labute approximate surface area is 190 Å².